The first kappa shape index (κ1) is 42.7. The van der Waals surface area contributed by atoms with E-state index in [1.165, 1.54) is 0 Å². The molecular formula is C28H32F6N6O10. The zero-order valence-corrected chi connectivity index (χ0v) is 25.9. The number of hydrogen-bond acceptors (Lipinski definition) is 13. The van der Waals surface area contributed by atoms with Gasteiger partial charge in [0.05, 0.1) is 51.8 Å². The molecule has 7 N–H and O–H groups in total. The molecule has 22 heteroatoms. The molecule has 1 unspecified atom stereocenters. The number of anilines is 3. The third-order valence-corrected chi connectivity index (χ3v) is 6.06. The molecule has 0 fully saturated rings. The van der Waals surface area contributed by atoms with E-state index in [1.54, 1.807) is 25.1 Å². The zero-order valence-electron chi connectivity index (χ0n) is 25.9. The van der Waals surface area contributed by atoms with Crippen molar-refractivity contribution in [1.82, 2.24) is 0 Å². The predicted molar refractivity (Wildman–Crippen MR) is 167 cm³/mol. The van der Waals surface area contributed by atoms with Gasteiger partial charge in [-0.1, -0.05) is 12.1 Å². The SMILES string of the molecule is Cc1cccc(NCCO)c1[N+](=O)[O-].O=[N+]([O-])c1cc(C(F)(F)F)ccc1NCC(O)CO.O=[N+]([O-])c1cc(C(F)(F)F)ccc1NCCO. The molecular weight excluding hydrogens is 694 g/mol. The van der Waals surface area contributed by atoms with E-state index in [2.05, 4.69) is 16.0 Å². The van der Waals surface area contributed by atoms with Crippen LogP contribution in [0.15, 0.2) is 54.6 Å². The maximum atomic E-state index is 12.4. The number of aliphatic hydroxyl groups excluding tert-OH is 4. The second kappa shape index (κ2) is 19.6. The van der Waals surface area contributed by atoms with E-state index in [1.807, 2.05) is 0 Å². The van der Waals surface area contributed by atoms with Gasteiger partial charge in [-0.2, -0.15) is 26.3 Å². The minimum absolute atomic E-state index is 0.0200. The lowest BCUT2D eigenvalue weighted by atomic mass is 10.1. The van der Waals surface area contributed by atoms with Gasteiger partial charge in [-0.25, -0.2) is 0 Å². The quantitative estimate of drug-likeness (QED) is 0.0718. The zero-order chi connectivity index (χ0) is 38.2. The smallest absolute Gasteiger partial charge is 0.395 e. The van der Waals surface area contributed by atoms with Crippen molar-refractivity contribution in [3.05, 3.63) is 102 Å². The first-order valence-corrected chi connectivity index (χ1v) is 14.0. The van der Waals surface area contributed by atoms with Crippen LogP contribution in [0.1, 0.15) is 16.7 Å². The number of nitro benzene ring substituents is 3. The predicted octanol–water partition coefficient (Wildman–Crippen LogP) is 4.70. The van der Waals surface area contributed by atoms with Gasteiger partial charge in [-0.15, -0.1) is 0 Å². The van der Waals surface area contributed by atoms with E-state index in [4.69, 9.17) is 20.4 Å². The minimum Gasteiger partial charge on any atom is -0.395 e. The van der Waals surface area contributed by atoms with Gasteiger partial charge >= 0.3 is 12.4 Å². The fourth-order valence-electron chi connectivity index (χ4n) is 3.73. The van der Waals surface area contributed by atoms with E-state index in [0.717, 1.165) is 18.2 Å². The Morgan fingerprint density at radius 3 is 1.50 bits per heavy atom. The molecule has 0 saturated carbocycles. The highest BCUT2D eigenvalue weighted by Gasteiger charge is 2.34. The van der Waals surface area contributed by atoms with Gasteiger partial charge in [-0.3, -0.25) is 30.3 Å². The van der Waals surface area contributed by atoms with Crippen molar-refractivity contribution in [3.63, 3.8) is 0 Å². The Bertz CT molecular complexity index is 1590. The molecule has 3 aromatic rings. The molecule has 16 nitrogen and oxygen atoms in total. The number of nitrogens with one attached hydrogen (secondary N) is 3. The van der Waals surface area contributed by atoms with Crippen molar-refractivity contribution >= 4 is 34.1 Å². The van der Waals surface area contributed by atoms with Crippen molar-refractivity contribution in [3.8, 4) is 0 Å². The van der Waals surface area contributed by atoms with Crippen molar-refractivity contribution in [2.24, 2.45) is 0 Å². The fourth-order valence-corrected chi connectivity index (χ4v) is 3.73. The number of benzene rings is 3. The Morgan fingerprint density at radius 1 is 0.680 bits per heavy atom. The van der Waals surface area contributed by atoms with Gasteiger partial charge in [0.1, 0.15) is 17.1 Å². The fraction of sp³-hybridized carbons (Fsp3) is 0.357. The Balaban J connectivity index is 0.000000379. The summed E-state index contributed by atoms with van der Waals surface area (Å²) < 4.78 is 74.2. The van der Waals surface area contributed by atoms with E-state index in [0.29, 0.717) is 36.0 Å². The maximum absolute atomic E-state index is 12.4. The van der Waals surface area contributed by atoms with Crippen LogP contribution in [0.2, 0.25) is 0 Å². The van der Waals surface area contributed by atoms with Gasteiger partial charge in [-0.05, 0) is 37.3 Å². The summed E-state index contributed by atoms with van der Waals surface area (Å²) >= 11 is 0. The number of para-hydroxylation sites is 1. The molecule has 0 aliphatic heterocycles. The number of nitrogens with zero attached hydrogens (tertiary/aromatic N) is 3. The van der Waals surface area contributed by atoms with Crippen LogP contribution in [-0.4, -0.2) is 80.8 Å². The second-order valence-corrected chi connectivity index (χ2v) is 9.72. The molecule has 0 aliphatic rings. The molecule has 0 heterocycles. The van der Waals surface area contributed by atoms with Crippen LogP contribution in [0.25, 0.3) is 0 Å². The van der Waals surface area contributed by atoms with E-state index in [-0.39, 0.29) is 43.4 Å². The van der Waals surface area contributed by atoms with E-state index >= 15 is 0 Å². The second-order valence-electron chi connectivity index (χ2n) is 9.72. The number of alkyl halides is 6. The summed E-state index contributed by atoms with van der Waals surface area (Å²) in [5.74, 6) is 0. The Hall–Kier alpha value is -5.32. The minimum atomic E-state index is -4.67. The molecule has 0 spiro atoms. The normalized spacial score (nSPS) is 11.6. The molecule has 0 radical (unpaired) electrons. The number of halogens is 6. The molecule has 50 heavy (non-hydrogen) atoms. The number of aryl methyl sites for hydroxylation is 1. The van der Waals surface area contributed by atoms with Crippen molar-refractivity contribution in [2.75, 3.05) is 55.4 Å². The molecule has 276 valence electrons. The Morgan fingerprint density at radius 2 is 1.12 bits per heavy atom. The lowest BCUT2D eigenvalue weighted by molar-refractivity contribution is -0.384. The summed E-state index contributed by atoms with van der Waals surface area (Å²) in [6.07, 6.45) is -10.5. The molecule has 0 amide bonds. The van der Waals surface area contributed by atoms with Crippen LogP contribution in [0.5, 0.6) is 0 Å². The van der Waals surface area contributed by atoms with Crippen molar-refractivity contribution in [2.45, 2.75) is 25.4 Å². The summed E-state index contributed by atoms with van der Waals surface area (Å²) in [4.78, 5) is 29.7. The number of nitro groups is 3. The molecule has 1 atom stereocenters. The average Bonchev–Trinajstić information content (AvgIpc) is 3.04. The largest absolute Gasteiger partial charge is 0.416 e. The first-order valence-electron chi connectivity index (χ1n) is 14.0. The van der Waals surface area contributed by atoms with E-state index in [9.17, 15) is 56.7 Å². The average molecular weight is 727 g/mol. The van der Waals surface area contributed by atoms with Crippen LogP contribution < -0.4 is 16.0 Å². The summed E-state index contributed by atoms with van der Waals surface area (Å²) in [7, 11) is 0. The Labute approximate surface area is 278 Å². The van der Waals surface area contributed by atoms with Crippen LogP contribution in [0.3, 0.4) is 0 Å². The summed E-state index contributed by atoms with van der Waals surface area (Å²) in [5, 5.41) is 74.4. The highest BCUT2D eigenvalue weighted by atomic mass is 19.4. The van der Waals surface area contributed by atoms with Gasteiger partial charge in [0.2, 0.25) is 0 Å². The van der Waals surface area contributed by atoms with Crippen molar-refractivity contribution in [1.29, 1.82) is 0 Å². The highest BCUT2D eigenvalue weighted by molar-refractivity contribution is 5.65. The lowest BCUT2D eigenvalue weighted by Crippen LogP contribution is -2.23. The Kier molecular flexibility index (Phi) is 16.8. The van der Waals surface area contributed by atoms with Crippen LogP contribution in [0, 0.1) is 37.3 Å². The number of hydrogen-bond donors (Lipinski definition) is 7. The molecule has 3 rings (SSSR count). The van der Waals surface area contributed by atoms with Gasteiger partial charge in [0.15, 0.2) is 0 Å². The third-order valence-electron chi connectivity index (χ3n) is 6.06. The summed E-state index contributed by atoms with van der Waals surface area (Å²) in [5.41, 5.74) is -2.73. The third kappa shape index (κ3) is 13.7. The summed E-state index contributed by atoms with van der Waals surface area (Å²) in [6, 6.07) is 9.23. The number of aliphatic hydroxyl groups is 4. The highest BCUT2D eigenvalue weighted by Crippen LogP contribution is 2.36. The van der Waals surface area contributed by atoms with Crippen LogP contribution in [-0.2, 0) is 12.4 Å². The monoisotopic (exact) mass is 726 g/mol. The van der Waals surface area contributed by atoms with Crippen molar-refractivity contribution < 1.29 is 61.5 Å². The molecule has 0 aromatic heterocycles. The number of rotatable bonds is 13. The van der Waals surface area contributed by atoms with Gasteiger partial charge in [0, 0.05) is 37.3 Å². The lowest BCUT2D eigenvalue weighted by Gasteiger charge is -2.12. The molecule has 0 bridgehead atoms. The topological polar surface area (TPSA) is 246 Å². The van der Waals surface area contributed by atoms with E-state index < -0.39 is 62.3 Å². The van der Waals surface area contributed by atoms with Crippen LogP contribution >= 0.6 is 0 Å². The molecule has 0 aliphatic carbocycles. The van der Waals surface area contributed by atoms with Gasteiger partial charge in [0.25, 0.3) is 17.1 Å². The summed E-state index contributed by atoms with van der Waals surface area (Å²) in [6.45, 7) is 0.895. The molecule has 0 saturated heterocycles. The maximum Gasteiger partial charge on any atom is 0.416 e. The van der Waals surface area contributed by atoms with Gasteiger partial charge < -0.3 is 36.4 Å². The first-order chi connectivity index (χ1) is 23.3. The van der Waals surface area contributed by atoms with Crippen LogP contribution in [0.4, 0.5) is 60.5 Å². The standard InChI is InChI=1S/C10H11F3N2O4.C9H9F3N2O3.C9H12N2O3/c11-10(12,13)6-1-2-8(9(3-6)15(18)19)14-4-7(17)5-16;10-9(11,12)6-1-2-7(13-3-4-15)8(5-6)14(16)17;1-7-3-2-4-8(10-5-6-12)9(7)11(13)14/h1-3,7,14,16-17H,4-5H2;1-2,5,13,15H,3-4H2;2-4,10,12H,5-6H2,1H3. The molecule has 3 aromatic carbocycles.